The Labute approximate surface area is 135 Å². The van der Waals surface area contributed by atoms with E-state index in [1.54, 1.807) is 12.1 Å². The van der Waals surface area contributed by atoms with Gasteiger partial charge < -0.3 is 10.1 Å². The van der Waals surface area contributed by atoms with Crippen LogP contribution in [0.15, 0.2) is 46.4 Å². The van der Waals surface area contributed by atoms with Crippen LogP contribution in [0, 0.1) is 12.7 Å². The van der Waals surface area contributed by atoms with Crippen molar-refractivity contribution in [3.05, 3.63) is 63.4 Å². The number of ether oxygens (including phenoxy) is 1. The number of aryl methyl sites for hydroxylation is 1. The lowest BCUT2D eigenvalue weighted by atomic mass is 10.1. The van der Waals surface area contributed by atoms with Crippen LogP contribution in [0.5, 0.6) is 5.75 Å². The van der Waals surface area contributed by atoms with Gasteiger partial charge in [0.1, 0.15) is 18.2 Å². The minimum absolute atomic E-state index is 0.189. The van der Waals surface area contributed by atoms with E-state index < -0.39 is 0 Å². The smallest absolute Gasteiger partial charge is 0.255 e. The van der Waals surface area contributed by atoms with Crippen LogP contribution in [-0.4, -0.2) is 12.5 Å². The van der Waals surface area contributed by atoms with Crippen molar-refractivity contribution in [2.24, 2.45) is 0 Å². The molecule has 3 rings (SSSR count). The van der Waals surface area contributed by atoms with E-state index in [4.69, 9.17) is 4.74 Å². The van der Waals surface area contributed by atoms with Gasteiger partial charge in [-0.2, -0.15) is 0 Å². The van der Waals surface area contributed by atoms with Gasteiger partial charge in [0.25, 0.3) is 5.91 Å². The number of amides is 1. The zero-order chi connectivity index (χ0) is 15.7. The van der Waals surface area contributed by atoms with E-state index in [-0.39, 0.29) is 18.3 Å². The standard InChI is InChI=1S/C17H13BrFNO2/c1-10-2-4-14(19)8-15(10)20-17(21)12-6-11-7-13(18)3-5-16(11)22-9-12/h2-8H,9H2,1H3,(H,20,21). The molecule has 0 bridgehead atoms. The highest BCUT2D eigenvalue weighted by Gasteiger charge is 2.18. The maximum Gasteiger partial charge on any atom is 0.255 e. The Morgan fingerprint density at radius 2 is 2.09 bits per heavy atom. The predicted octanol–water partition coefficient (Wildman–Crippen LogP) is 4.31. The second kappa shape index (κ2) is 5.93. The van der Waals surface area contributed by atoms with E-state index in [1.807, 2.05) is 25.1 Å². The van der Waals surface area contributed by atoms with Crippen molar-refractivity contribution in [2.45, 2.75) is 6.92 Å². The number of rotatable bonds is 2. The molecule has 0 spiro atoms. The molecule has 1 N–H and O–H groups in total. The molecule has 1 heterocycles. The van der Waals surface area contributed by atoms with E-state index in [0.29, 0.717) is 11.3 Å². The van der Waals surface area contributed by atoms with Crippen molar-refractivity contribution in [3.63, 3.8) is 0 Å². The molecule has 5 heteroatoms. The molecule has 112 valence electrons. The molecule has 2 aromatic rings. The number of halogens is 2. The summed E-state index contributed by atoms with van der Waals surface area (Å²) in [6.45, 7) is 2.00. The first-order chi connectivity index (χ1) is 10.5. The summed E-state index contributed by atoms with van der Waals surface area (Å²) in [6, 6.07) is 9.91. The third-order valence-electron chi connectivity index (χ3n) is 3.42. The largest absolute Gasteiger partial charge is 0.488 e. The average Bonchev–Trinajstić information content (AvgIpc) is 2.50. The summed E-state index contributed by atoms with van der Waals surface area (Å²) in [4.78, 5) is 12.3. The fraction of sp³-hybridized carbons (Fsp3) is 0.118. The Bertz CT molecular complexity index is 786. The van der Waals surface area contributed by atoms with Gasteiger partial charge in [0.15, 0.2) is 0 Å². The summed E-state index contributed by atoms with van der Waals surface area (Å²) in [5, 5.41) is 2.73. The van der Waals surface area contributed by atoms with E-state index >= 15 is 0 Å². The first-order valence-corrected chi connectivity index (χ1v) is 7.52. The molecular weight excluding hydrogens is 349 g/mol. The van der Waals surface area contributed by atoms with Gasteiger partial charge in [0, 0.05) is 15.7 Å². The van der Waals surface area contributed by atoms with Crippen LogP contribution in [0.2, 0.25) is 0 Å². The molecule has 0 fully saturated rings. The van der Waals surface area contributed by atoms with E-state index in [9.17, 15) is 9.18 Å². The second-order valence-electron chi connectivity index (χ2n) is 5.05. The quantitative estimate of drug-likeness (QED) is 0.865. The van der Waals surface area contributed by atoms with Crippen molar-refractivity contribution in [2.75, 3.05) is 11.9 Å². The van der Waals surface area contributed by atoms with Crippen LogP contribution in [0.1, 0.15) is 11.1 Å². The third-order valence-corrected chi connectivity index (χ3v) is 3.92. The monoisotopic (exact) mass is 361 g/mol. The molecule has 1 aliphatic rings. The second-order valence-corrected chi connectivity index (χ2v) is 5.97. The minimum Gasteiger partial charge on any atom is -0.488 e. The Hall–Kier alpha value is -2.14. The van der Waals surface area contributed by atoms with Gasteiger partial charge >= 0.3 is 0 Å². The number of hydrogen-bond donors (Lipinski definition) is 1. The summed E-state index contributed by atoms with van der Waals surface area (Å²) in [6.07, 6.45) is 1.79. The average molecular weight is 362 g/mol. The number of nitrogens with one attached hydrogen (secondary N) is 1. The van der Waals surface area contributed by atoms with Crippen LogP contribution < -0.4 is 10.1 Å². The summed E-state index contributed by atoms with van der Waals surface area (Å²) in [5.74, 6) is 0.0602. The van der Waals surface area contributed by atoms with Crippen LogP contribution in [0.25, 0.3) is 6.08 Å². The molecular formula is C17H13BrFNO2. The lowest BCUT2D eigenvalue weighted by Crippen LogP contribution is -2.21. The van der Waals surface area contributed by atoms with Gasteiger partial charge in [-0.3, -0.25) is 4.79 Å². The SMILES string of the molecule is Cc1ccc(F)cc1NC(=O)C1=Cc2cc(Br)ccc2OC1. The molecule has 0 saturated carbocycles. The lowest BCUT2D eigenvalue weighted by molar-refractivity contribution is -0.113. The van der Waals surface area contributed by atoms with Crippen molar-refractivity contribution in [3.8, 4) is 5.75 Å². The molecule has 0 atom stereocenters. The first-order valence-electron chi connectivity index (χ1n) is 6.73. The number of carbonyl (C=O) groups excluding carboxylic acids is 1. The molecule has 2 aromatic carbocycles. The molecule has 0 unspecified atom stereocenters. The van der Waals surface area contributed by atoms with E-state index in [0.717, 1.165) is 21.3 Å². The van der Waals surface area contributed by atoms with Crippen molar-refractivity contribution >= 4 is 33.6 Å². The Morgan fingerprint density at radius 3 is 2.91 bits per heavy atom. The zero-order valence-electron chi connectivity index (χ0n) is 11.8. The summed E-state index contributed by atoms with van der Waals surface area (Å²) in [5.41, 5.74) is 2.59. The first kappa shape index (κ1) is 14.8. The Morgan fingerprint density at radius 1 is 1.27 bits per heavy atom. The van der Waals surface area contributed by atoms with Gasteiger partial charge in [-0.25, -0.2) is 4.39 Å². The van der Waals surface area contributed by atoms with Crippen molar-refractivity contribution in [1.82, 2.24) is 0 Å². The zero-order valence-corrected chi connectivity index (χ0v) is 13.4. The van der Waals surface area contributed by atoms with Gasteiger partial charge in [-0.15, -0.1) is 0 Å². The molecule has 0 saturated heterocycles. The summed E-state index contributed by atoms with van der Waals surface area (Å²) >= 11 is 3.39. The van der Waals surface area contributed by atoms with Crippen LogP contribution in [0.3, 0.4) is 0 Å². The Kier molecular flexibility index (Phi) is 3.98. The van der Waals surface area contributed by atoms with E-state index in [1.165, 1.54) is 12.1 Å². The van der Waals surface area contributed by atoms with Crippen LogP contribution in [0.4, 0.5) is 10.1 Å². The molecule has 0 aromatic heterocycles. The highest BCUT2D eigenvalue weighted by molar-refractivity contribution is 9.10. The maximum absolute atomic E-state index is 13.3. The molecule has 22 heavy (non-hydrogen) atoms. The highest BCUT2D eigenvalue weighted by atomic mass is 79.9. The molecule has 1 amide bonds. The summed E-state index contributed by atoms with van der Waals surface area (Å²) < 4.78 is 19.8. The number of hydrogen-bond acceptors (Lipinski definition) is 2. The van der Waals surface area contributed by atoms with Gasteiger partial charge in [-0.1, -0.05) is 22.0 Å². The van der Waals surface area contributed by atoms with Gasteiger partial charge in [-0.05, 0) is 48.9 Å². The minimum atomic E-state index is -0.385. The van der Waals surface area contributed by atoms with Gasteiger partial charge in [0.2, 0.25) is 0 Å². The maximum atomic E-state index is 13.3. The van der Waals surface area contributed by atoms with Gasteiger partial charge in [0.05, 0.1) is 5.57 Å². The van der Waals surface area contributed by atoms with E-state index in [2.05, 4.69) is 21.2 Å². The number of carbonyl (C=O) groups is 1. The fourth-order valence-electron chi connectivity index (χ4n) is 2.21. The van der Waals surface area contributed by atoms with Crippen molar-refractivity contribution < 1.29 is 13.9 Å². The molecule has 3 nitrogen and oxygen atoms in total. The van der Waals surface area contributed by atoms with Crippen LogP contribution in [-0.2, 0) is 4.79 Å². The van der Waals surface area contributed by atoms with Crippen LogP contribution >= 0.6 is 15.9 Å². The lowest BCUT2D eigenvalue weighted by Gasteiger charge is -2.18. The predicted molar refractivity (Wildman–Crippen MR) is 87.4 cm³/mol. The molecule has 0 radical (unpaired) electrons. The fourth-order valence-corrected chi connectivity index (χ4v) is 2.59. The molecule has 1 aliphatic heterocycles. The number of anilines is 1. The summed E-state index contributed by atoms with van der Waals surface area (Å²) in [7, 11) is 0. The van der Waals surface area contributed by atoms with Crippen molar-refractivity contribution in [1.29, 1.82) is 0 Å². The third kappa shape index (κ3) is 3.04. The topological polar surface area (TPSA) is 38.3 Å². The highest BCUT2D eigenvalue weighted by Crippen LogP contribution is 2.29. The normalized spacial score (nSPS) is 13.0. The molecule has 0 aliphatic carbocycles. The Balaban J connectivity index is 1.85. The number of fused-ring (bicyclic) bond motifs is 1. The number of benzene rings is 2.